The van der Waals surface area contributed by atoms with E-state index < -0.39 is 14.0 Å². The van der Waals surface area contributed by atoms with E-state index in [1.54, 1.807) is 0 Å². The van der Waals surface area contributed by atoms with Crippen molar-refractivity contribution in [1.29, 1.82) is 0 Å². The maximum absolute atomic E-state index is 9.89. The zero-order valence-corrected chi connectivity index (χ0v) is 12.5. The fourth-order valence-electron chi connectivity index (χ4n) is 1.18. The highest BCUT2D eigenvalue weighted by Crippen LogP contribution is 2.14. The SMILES string of the molecule is CCCCCC(N)(N)N.CCCCCO[P+](=O)O. The molecule has 0 aromatic carbocycles. The van der Waals surface area contributed by atoms with E-state index in [-0.39, 0.29) is 0 Å². The largest absolute Gasteiger partial charge is 0.694 e. The lowest BCUT2D eigenvalue weighted by Gasteiger charge is -2.17. The molecule has 0 aliphatic rings. The first-order valence-corrected chi connectivity index (χ1v) is 7.62. The highest BCUT2D eigenvalue weighted by Gasteiger charge is 2.09. The Bertz CT molecular complexity index is 198. The quantitative estimate of drug-likeness (QED) is 0.291. The number of hydrogen-bond donors (Lipinski definition) is 4. The van der Waals surface area contributed by atoms with Crippen LogP contribution in [-0.4, -0.2) is 17.3 Å². The monoisotopic (exact) mass is 282 g/mol. The molecule has 0 aromatic rings. The first-order chi connectivity index (χ1) is 8.33. The van der Waals surface area contributed by atoms with E-state index in [4.69, 9.17) is 22.1 Å². The summed E-state index contributed by atoms with van der Waals surface area (Å²) in [5.74, 6) is -0.949. The van der Waals surface area contributed by atoms with Gasteiger partial charge < -0.3 is 17.2 Å². The van der Waals surface area contributed by atoms with Gasteiger partial charge in [0.25, 0.3) is 0 Å². The lowest BCUT2D eigenvalue weighted by molar-refractivity contribution is 0.274. The first kappa shape index (κ1) is 20.2. The minimum absolute atomic E-state index is 0.402. The van der Waals surface area contributed by atoms with Crippen molar-refractivity contribution in [2.45, 2.75) is 64.6 Å². The molecule has 0 aromatic heterocycles. The van der Waals surface area contributed by atoms with Crippen LogP contribution in [-0.2, 0) is 9.09 Å². The Labute approximate surface area is 111 Å². The lowest BCUT2D eigenvalue weighted by Crippen LogP contribution is -2.57. The fourth-order valence-corrected chi connectivity index (χ4v) is 1.46. The number of unbranched alkanes of at least 4 members (excludes halogenated alkanes) is 4. The molecule has 0 radical (unpaired) electrons. The molecule has 7 N–H and O–H groups in total. The van der Waals surface area contributed by atoms with Crippen molar-refractivity contribution in [3.8, 4) is 0 Å². The molecule has 0 fully saturated rings. The van der Waals surface area contributed by atoms with E-state index in [2.05, 4.69) is 18.4 Å². The summed E-state index contributed by atoms with van der Waals surface area (Å²) in [7, 11) is -2.37. The Morgan fingerprint density at radius 2 is 1.56 bits per heavy atom. The number of hydrogen-bond acceptors (Lipinski definition) is 5. The Hall–Kier alpha value is -0.100. The highest BCUT2D eigenvalue weighted by molar-refractivity contribution is 7.32. The molecule has 110 valence electrons. The second kappa shape index (κ2) is 13.3. The van der Waals surface area contributed by atoms with Crippen LogP contribution >= 0.6 is 8.25 Å². The van der Waals surface area contributed by atoms with Crippen LogP contribution in [0.4, 0.5) is 0 Å². The number of rotatable bonds is 9. The molecule has 0 saturated heterocycles. The highest BCUT2D eigenvalue weighted by atomic mass is 31.1. The molecule has 0 spiro atoms. The third-order valence-electron chi connectivity index (χ3n) is 2.16. The summed E-state index contributed by atoms with van der Waals surface area (Å²) in [6.07, 6.45) is 7.11. The third kappa shape index (κ3) is 24.9. The Morgan fingerprint density at radius 1 is 1.06 bits per heavy atom. The van der Waals surface area contributed by atoms with Crippen molar-refractivity contribution in [3.63, 3.8) is 0 Å². The van der Waals surface area contributed by atoms with Crippen molar-refractivity contribution in [2.75, 3.05) is 6.61 Å². The fraction of sp³-hybridized carbons (Fsp3) is 1.00. The van der Waals surface area contributed by atoms with Crippen LogP contribution in [0.5, 0.6) is 0 Å². The van der Waals surface area contributed by atoms with Gasteiger partial charge in [-0.3, -0.25) is 0 Å². The maximum atomic E-state index is 9.89. The molecule has 0 heterocycles. The molecule has 18 heavy (non-hydrogen) atoms. The van der Waals surface area contributed by atoms with Crippen molar-refractivity contribution in [2.24, 2.45) is 17.2 Å². The summed E-state index contributed by atoms with van der Waals surface area (Å²) in [6, 6.07) is 0. The summed E-state index contributed by atoms with van der Waals surface area (Å²) >= 11 is 0. The van der Waals surface area contributed by atoms with Crippen LogP contribution in [0.2, 0.25) is 0 Å². The van der Waals surface area contributed by atoms with Gasteiger partial charge in [-0.1, -0.05) is 39.5 Å². The van der Waals surface area contributed by atoms with Gasteiger partial charge in [-0.2, -0.15) is 0 Å². The predicted octanol–water partition coefficient (Wildman–Crippen LogP) is 1.94. The van der Waals surface area contributed by atoms with Gasteiger partial charge in [-0.15, -0.1) is 9.42 Å². The Kier molecular flexibility index (Phi) is 15.0. The van der Waals surface area contributed by atoms with Gasteiger partial charge in [0.2, 0.25) is 0 Å². The molecule has 0 aliphatic carbocycles. The van der Waals surface area contributed by atoms with Gasteiger partial charge >= 0.3 is 8.25 Å². The van der Waals surface area contributed by atoms with Gasteiger partial charge in [0.1, 0.15) is 12.4 Å². The summed E-state index contributed by atoms with van der Waals surface area (Å²) in [5, 5.41) is 0. The van der Waals surface area contributed by atoms with Gasteiger partial charge in [0.15, 0.2) is 0 Å². The van der Waals surface area contributed by atoms with Crippen LogP contribution < -0.4 is 17.2 Å². The van der Waals surface area contributed by atoms with Gasteiger partial charge in [0.05, 0.1) is 0 Å². The minimum atomic E-state index is -2.37. The van der Waals surface area contributed by atoms with E-state index in [0.717, 1.165) is 32.1 Å². The molecule has 0 bridgehead atoms. The molecule has 0 aliphatic heterocycles. The topological polar surface area (TPSA) is 125 Å². The Morgan fingerprint density at radius 3 is 1.94 bits per heavy atom. The van der Waals surface area contributed by atoms with E-state index >= 15 is 0 Å². The first-order valence-electron chi connectivity index (χ1n) is 6.49. The molecule has 0 rings (SSSR count). The maximum Gasteiger partial charge on any atom is 0.694 e. The van der Waals surface area contributed by atoms with E-state index in [0.29, 0.717) is 13.0 Å². The van der Waals surface area contributed by atoms with E-state index in [1.807, 2.05) is 0 Å². The van der Waals surface area contributed by atoms with Crippen molar-refractivity contribution >= 4 is 8.25 Å². The summed E-state index contributed by atoms with van der Waals surface area (Å²) < 4.78 is 14.3. The van der Waals surface area contributed by atoms with Crippen LogP contribution in [0.15, 0.2) is 0 Å². The second-order valence-electron chi connectivity index (χ2n) is 4.35. The molecule has 0 saturated carbocycles. The average Bonchev–Trinajstić information content (AvgIpc) is 2.24. The molecule has 6 nitrogen and oxygen atoms in total. The van der Waals surface area contributed by atoms with Gasteiger partial charge in [-0.25, -0.2) is 0 Å². The average molecular weight is 282 g/mol. The zero-order chi connectivity index (χ0) is 14.4. The second-order valence-corrected chi connectivity index (χ2v) is 5.08. The van der Waals surface area contributed by atoms with Gasteiger partial charge in [-0.05, 0) is 19.3 Å². The molecule has 1 unspecified atom stereocenters. The summed E-state index contributed by atoms with van der Waals surface area (Å²) in [6.45, 7) is 4.60. The van der Waals surface area contributed by atoms with Crippen LogP contribution in [0.3, 0.4) is 0 Å². The predicted molar refractivity (Wildman–Crippen MR) is 74.7 cm³/mol. The molecular weight excluding hydrogens is 253 g/mol. The minimum Gasteiger partial charge on any atom is -0.301 e. The van der Waals surface area contributed by atoms with Crippen LogP contribution in [0.25, 0.3) is 0 Å². The van der Waals surface area contributed by atoms with Crippen LogP contribution in [0, 0.1) is 0 Å². The zero-order valence-electron chi connectivity index (χ0n) is 11.6. The molecule has 1 atom stereocenters. The van der Waals surface area contributed by atoms with Crippen molar-refractivity contribution in [3.05, 3.63) is 0 Å². The van der Waals surface area contributed by atoms with E-state index in [1.165, 1.54) is 6.42 Å². The number of nitrogens with two attached hydrogens (primary N) is 3. The standard InChI is InChI=1S/C6H17N3.C5H11O3P/c1-2-3-4-5-6(7,8)9;1-2-3-4-5-8-9(6)7/h2-5,7-9H2,1H3;2-5H2,1H3/p+1. The van der Waals surface area contributed by atoms with Crippen molar-refractivity contribution in [1.82, 2.24) is 0 Å². The smallest absolute Gasteiger partial charge is 0.301 e. The lowest BCUT2D eigenvalue weighted by atomic mass is 10.1. The van der Waals surface area contributed by atoms with Crippen molar-refractivity contribution < 1.29 is 14.0 Å². The normalized spacial score (nSPS) is 11.8. The summed E-state index contributed by atoms with van der Waals surface area (Å²) in [4.78, 5) is 8.14. The van der Waals surface area contributed by atoms with Gasteiger partial charge in [0, 0.05) is 4.57 Å². The molecule has 7 heteroatoms. The van der Waals surface area contributed by atoms with Crippen LogP contribution in [0.1, 0.15) is 58.8 Å². The molecule has 0 amide bonds. The van der Waals surface area contributed by atoms with E-state index in [9.17, 15) is 4.57 Å². The Balaban J connectivity index is 0. The third-order valence-corrected chi connectivity index (χ3v) is 2.57. The molecular formula is C11H29N3O3P+. The summed E-state index contributed by atoms with van der Waals surface area (Å²) in [5.41, 5.74) is 16.0.